The molecule has 0 aromatic heterocycles. The van der Waals surface area contributed by atoms with E-state index in [4.69, 9.17) is 9.84 Å². The Morgan fingerprint density at radius 1 is 1.38 bits per heavy atom. The lowest BCUT2D eigenvalue weighted by Crippen LogP contribution is -2.39. The number of aliphatic hydroxyl groups excluding tert-OH is 1. The maximum Gasteiger partial charge on any atom is 0.248 e. The van der Waals surface area contributed by atoms with Crippen LogP contribution in [0.25, 0.3) is 0 Å². The number of rotatable bonds is 4. The van der Waals surface area contributed by atoms with Gasteiger partial charge in [-0.15, -0.1) is 0 Å². The first-order valence-corrected chi connectivity index (χ1v) is 7.63. The average molecular weight is 291 g/mol. The van der Waals surface area contributed by atoms with Crippen LogP contribution >= 0.6 is 0 Å². The minimum absolute atomic E-state index is 0.161. The maximum absolute atomic E-state index is 11.5. The molecule has 0 aliphatic carbocycles. The van der Waals surface area contributed by atoms with Gasteiger partial charge in [-0.05, 0) is 41.9 Å². The first-order chi connectivity index (χ1) is 10.1. The van der Waals surface area contributed by atoms with Crippen molar-refractivity contribution in [3.05, 3.63) is 29.3 Å². The van der Waals surface area contributed by atoms with Crippen LogP contribution in [0.3, 0.4) is 0 Å². The van der Waals surface area contributed by atoms with Gasteiger partial charge < -0.3 is 14.7 Å². The van der Waals surface area contributed by atoms with Crippen LogP contribution in [0.4, 0.5) is 0 Å². The zero-order valence-electron chi connectivity index (χ0n) is 13.1. The third kappa shape index (κ3) is 3.56. The van der Waals surface area contributed by atoms with Gasteiger partial charge >= 0.3 is 0 Å². The van der Waals surface area contributed by atoms with Crippen LogP contribution in [-0.2, 0) is 4.79 Å². The number of carbonyl (C=O) groups excluding carboxylic acids is 1. The normalized spacial score (nSPS) is 16.3. The van der Waals surface area contributed by atoms with Crippen molar-refractivity contribution in [2.24, 2.45) is 0 Å². The van der Waals surface area contributed by atoms with Gasteiger partial charge in [0.2, 0.25) is 5.91 Å². The Labute approximate surface area is 126 Å². The molecule has 1 aliphatic heterocycles. The number of ether oxygens (including phenoxy) is 1. The van der Waals surface area contributed by atoms with Gasteiger partial charge in [0.25, 0.3) is 0 Å². The van der Waals surface area contributed by atoms with Crippen LogP contribution in [0.5, 0.6) is 5.75 Å². The van der Waals surface area contributed by atoms with Crippen LogP contribution in [0.2, 0.25) is 0 Å². The largest absolute Gasteiger partial charge is 0.496 e. The second kappa shape index (κ2) is 6.94. The lowest BCUT2D eigenvalue weighted by molar-refractivity contribution is -0.135. The average Bonchev–Trinajstić information content (AvgIpc) is 2.53. The number of benzene rings is 1. The number of aliphatic hydroxyl groups is 1. The van der Waals surface area contributed by atoms with E-state index in [2.05, 4.69) is 32.0 Å². The summed E-state index contributed by atoms with van der Waals surface area (Å²) in [4.78, 5) is 13.2. The van der Waals surface area contributed by atoms with E-state index in [-0.39, 0.29) is 12.5 Å². The van der Waals surface area contributed by atoms with Crippen LogP contribution in [0.1, 0.15) is 49.7 Å². The van der Waals surface area contributed by atoms with Crippen LogP contribution < -0.4 is 4.74 Å². The molecule has 1 N–H and O–H groups in total. The number of methoxy groups -OCH3 is 1. The summed E-state index contributed by atoms with van der Waals surface area (Å²) < 4.78 is 5.43. The second-order valence-corrected chi connectivity index (χ2v) is 5.97. The maximum atomic E-state index is 11.5. The fraction of sp³-hybridized carbons (Fsp3) is 0.588. The Kier molecular flexibility index (Phi) is 5.23. The highest BCUT2D eigenvalue weighted by molar-refractivity contribution is 5.77. The Hall–Kier alpha value is -1.55. The molecule has 4 nitrogen and oxygen atoms in total. The van der Waals surface area contributed by atoms with Crippen molar-refractivity contribution in [1.29, 1.82) is 0 Å². The SMILES string of the molecule is COc1ccc(C2CCN(C(=O)CO)CC2)cc1C(C)C. The summed E-state index contributed by atoms with van der Waals surface area (Å²) in [5.41, 5.74) is 2.57. The number of hydrogen-bond acceptors (Lipinski definition) is 3. The van der Waals surface area contributed by atoms with Gasteiger partial charge in [0, 0.05) is 13.1 Å². The topological polar surface area (TPSA) is 49.8 Å². The Balaban J connectivity index is 2.10. The Bertz CT molecular complexity index is 491. The monoisotopic (exact) mass is 291 g/mol. The molecule has 4 heteroatoms. The fourth-order valence-corrected chi connectivity index (χ4v) is 3.02. The number of nitrogens with zero attached hydrogens (tertiary/aromatic N) is 1. The molecule has 0 atom stereocenters. The summed E-state index contributed by atoms with van der Waals surface area (Å²) >= 11 is 0. The molecule has 1 aromatic rings. The van der Waals surface area contributed by atoms with E-state index in [1.165, 1.54) is 11.1 Å². The van der Waals surface area contributed by atoms with Crippen molar-refractivity contribution in [1.82, 2.24) is 4.90 Å². The van der Waals surface area contributed by atoms with Gasteiger partial charge in [-0.2, -0.15) is 0 Å². The van der Waals surface area contributed by atoms with Crippen molar-refractivity contribution in [3.8, 4) is 5.75 Å². The summed E-state index contributed by atoms with van der Waals surface area (Å²) in [5.74, 6) is 1.69. The smallest absolute Gasteiger partial charge is 0.248 e. The predicted octanol–water partition coefficient (Wildman–Crippen LogP) is 2.52. The van der Waals surface area contributed by atoms with Crippen molar-refractivity contribution >= 4 is 5.91 Å². The highest BCUT2D eigenvalue weighted by Crippen LogP contribution is 2.34. The summed E-state index contributed by atoms with van der Waals surface area (Å²) in [6, 6.07) is 6.44. The predicted molar refractivity (Wildman–Crippen MR) is 82.7 cm³/mol. The molecule has 116 valence electrons. The van der Waals surface area contributed by atoms with Gasteiger partial charge in [-0.3, -0.25) is 4.79 Å². The van der Waals surface area contributed by atoms with E-state index in [1.807, 2.05) is 0 Å². The Morgan fingerprint density at radius 3 is 2.57 bits per heavy atom. The summed E-state index contributed by atoms with van der Waals surface area (Å²) in [6.07, 6.45) is 1.91. The Morgan fingerprint density at radius 2 is 2.05 bits per heavy atom. The molecule has 1 aliphatic rings. The molecule has 2 rings (SSSR count). The van der Waals surface area contributed by atoms with Crippen LogP contribution in [0.15, 0.2) is 18.2 Å². The number of piperidine rings is 1. The van der Waals surface area contributed by atoms with E-state index in [0.29, 0.717) is 11.8 Å². The minimum Gasteiger partial charge on any atom is -0.496 e. The summed E-state index contributed by atoms with van der Waals surface area (Å²) in [6.45, 7) is 5.42. The van der Waals surface area contributed by atoms with Gasteiger partial charge in [0.15, 0.2) is 0 Å². The van der Waals surface area contributed by atoms with Crippen molar-refractivity contribution in [2.75, 3.05) is 26.8 Å². The minimum atomic E-state index is -0.384. The third-order valence-electron chi connectivity index (χ3n) is 4.33. The molecule has 0 radical (unpaired) electrons. The van der Waals surface area contributed by atoms with Crippen LogP contribution in [0, 0.1) is 0 Å². The van der Waals surface area contributed by atoms with E-state index < -0.39 is 0 Å². The lowest BCUT2D eigenvalue weighted by atomic mass is 9.87. The van der Waals surface area contributed by atoms with Gasteiger partial charge in [0.05, 0.1) is 7.11 Å². The van der Waals surface area contributed by atoms with Gasteiger partial charge in [-0.1, -0.05) is 26.0 Å². The molecule has 1 fully saturated rings. The number of amides is 1. The first-order valence-electron chi connectivity index (χ1n) is 7.63. The molecular weight excluding hydrogens is 266 g/mol. The quantitative estimate of drug-likeness (QED) is 0.927. The van der Waals surface area contributed by atoms with E-state index in [0.717, 1.165) is 31.7 Å². The van der Waals surface area contributed by atoms with Crippen LogP contribution in [-0.4, -0.2) is 42.7 Å². The van der Waals surface area contributed by atoms with E-state index >= 15 is 0 Å². The molecule has 1 saturated heterocycles. The molecular formula is C17H25NO3. The number of carbonyl (C=O) groups is 1. The van der Waals surface area contributed by atoms with Crippen molar-refractivity contribution < 1.29 is 14.6 Å². The third-order valence-corrected chi connectivity index (χ3v) is 4.33. The molecule has 21 heavy (non-hydrogen) atoms. The highest BCUT2D eigenvalue weighted by atomic mass is 16.5. The molecule has 1 heterocycles. The lowest BCUT2D eigenvalue weighted by Gasteiger charge is -2.32. The van der Waals surface area contributed by atoms with Gasteiger partial charge in [-0.25, -0.2) is 0 Å². The molecule has 1 amide bonds. The number of hydrogen-bond donors (Lipinski definition) is 1. The van der Waals surface area contributed by atoms with Gasteiger partial charge in [0.1, 0.15) is 12.4 Å². The van der Waals surface area contributed by atoms with E-state index in [9.17, 15) is 4.79 Å². The molecule has 0 spiro atoms. The van der Waals surface area contributed by atoms with Crippen molar-refractivity contribution in [2.45, 2.75) is 38.5 Å². The molecule has 0 bridgehead atoms. The summed E-state index contributed by atoms with van der Waals surface area (Å²) in [7, 11) is 1.71. The first kappa shape index (κ1) is 15.8. The summed E-state index contributed by atoms with van der Waals surface area (Å²) in [5, 5.41) is 8.92. The zero-order chi connectivity index (χ0) is 15.4. The standard InChI is InChI=1S/C17H25NO3/c1-12(2)15-10-14(4-5-16(15)21-3)13-6-8-18(9-7-13)17(20)11-19/h4-5,10,12-13,19H,6-9,11H2,1-3H3. The second-order valence-electron chi connectivity index (χ2n) is 5.97. The van der Waals surface area contributed by atoms with E-state index in [1.54, 1.807) is 12.0 Å². The molecule has 0 unspecified atom stereocenters. The molecule has 0 saturated carbocycles. The molecule has 1 aromatic carbocycles. The fourth-order valence-electron chi connectivity index (χ4n) is 3.02. The van der Waals surface area contributed by atoms with Crippen molar-refractivity contribution in [3.63, 3.8) is 0 Å². The number of likely N-dealkylation sites (tertiary alicyclic amines) is 1. The highest BCUT2D eigenvalue weighted by Gasteiger charge is 2.24. The zero-order valence-corrected chi connectivity index (χ0v) is 13.1.